The number of amides is 1. The monoisotopic (exact) mass is 420 g/mol. The minimum absolute atomic E-state index is 0.113. The van der Waals surface area contributed by atoms with Gasteiger partial charge in [0.1, 0.15) is 0 Å². The van der Waals surface area contributed by atoms with E-state index < -0.39 is 10.0 Å². The molecule has 1 heterocycles. The molecule has 0 atom stereocenters. The van der Waals surface area contributed by atoms with Crippen molar-refractivity contribution in [1.29, 1.82) is 0 Å². The molecular weight excluding hydrogens is 396 g/mol. The third-order valence-electron chi connectivity index (χ3n) is 5.12. The van der Waals surface area contributed by atoms with Crippen LogP contribution in [0.25, 0.3) is 0 Å². The molecule has 1 aliphatic heterocycles. The SMILES string of the molecule is Cc1ccc(CN(C)C(=O)c2cc(S(=O)(=O)N3CCCC3)ccc2Cl)c(C)c1. The third kappa shape index (κ3) is 4.24. The highest BCUT2D eigenvalue weighted by Crippen LogP contribution is 2.26. The first-order chi connectivity index (χ1) is 13.2. The lowest BCUT2D eigenvalue weighted by atomic mass is 10.1. The van der Waals surface area contributed by atoms with Gasteiger partial charge in [-0.25, -0.2) is 8.42 Å². The van der Waals surface area contributed by atoms with E-state index >= 15 is 0 Å². The molecule has 28 heavy (non-hydrogen) atoms. The summed E-state index contributed by atoms with van der Waals surface area (Å²) in [5.41, 5.74) is 3.52. The predicted octanol–water partition coefficient (Wildman–Crippen LogP) is 4.01. The van der Waals surface area contributed by atoms with Crippen molar-refractivity contribution in [3.8, 4) is 0 Å². The maximum absolute atomic E-state index is 13.0. The molecule has 1 aliphatic rings. The van der Waals surface area contributed by atoms with Gasteiger partial charge in [0.25, 0.3) is 5.91 Å². The van der Waals surface area contributed by atoms with Gasteiger partial charge in [0.2, 0.25) is 10.0 Å². The van der Waals surface area contributed by atoms with Gasteiger partial charge in [-0.05, 0) is 56.0 Å². The number of rotatable bonds is 5. The summed E-state index contributed by atoms with van der Waals surface area (Å²) in [5, 5.41) is 0.248. The first-order valence-electron chi connectivity index (χ1n) is 9.31. The van der Waals surface area contributed by atoms with Crippen LogP contribution in [-0.4, -0.2) is 43.7 Å². The van der Waals surface area contributed by atoms with Crippen molar-refractivity contribution in [2.45, 2.75) is 38.1 Å². The highest BCUT2D eigenvalue weighted by atomic mass is 35.5. The average molecular weight is 421 g/mol. The van der Waals surface area contributed by atoms with E-state index in [4.69, 9.17) is 11.6 Å². The minimum atomic E-state index is -3.60. The molecule has 2 aromatic carbocycles. The van der Waals surface area contributed by atoms with Crippen LogP contribution >= 0.6 is 11.6 Å². The quantitative estimate of drug-likeness (QED) is 0.734. The second-order valence-corrected chi connectivity index (χ2v) is 9.69. The molecule has 0 aliphatic carbocycles. The van der Waals surface area contributed by atoms with Crippen molar-refractivity contribution in [2.24, 2.45) is 0 Å². The lowest BCUT2D eigenvalue weighted by molar-refractivity contribution is 0.0785. The molecule has 0 radical (unpaired) electrons. The number of benzene rings is 2. The molecule has 3 rings (SSSR count). The zero-order valence-electron chi connectivity index (χ0n) is 16.4. The van der Waals surface area contributed by atoms with Crippen LogP contribution in [0, 0.1) is 13.8 Å². The van der Waals surface area contributed by atoms with Gasteiger partial charge in [0, 0.05) is 26.7 Å². The molecule has 1 fully saturated rings. The number of hydrogen-bond acceptors (Lipinski definition) is 3. The fourth-order valence-corrected chi connectivity index (χ4v) is 5.20. The van der Waals surface area contributed by atoms with Crippen molar-refractivity contribution in [3.05, 3.63) is 63.7 Å². The molecule has 0 aromatic heterocycles. The summed E-state index contributed by atoms with van der Waals surface area (Å²) in [6.07, 6.45) is 1.72. The molecule has 5 nitrogen and oxygen atoms in total. The van der Waals surface area contributed by atoms with Crippen molar-refractivity contribution < 1.29 is 13.2 Å². The van der Waals surface area contributed by atoms with E-state index in [-0.39, 0.29) is 21.4 Å². The van der Waals surface area contributed by atoms with E-state index in [0.29, 0.717) is 19.6 Å². The zero-order valence-corrected chi connectivity index (χ0v) is 18.0. The molecule has 2 aromatic rings. The lowest BCUT2D eigenvalue weighted by Crippen LogP contribution is -2.29. The fourth-order valence-electron chi connectivity index (χ4n) is 3.46. The Kier molecular flexibility index (Phi) is 6.12. The van der Waals surface area contributed by atoms with E-state index in [9.17, 15) is 13.2 Å². The first-order valence-corrected chi connectivity index (χ1v) is 11.1. The highest BCUT2D eigenvalue weighted by molar-refractivity contribution is 7.89. The van der Waals surface area contributed by atoms with Crippen LogP contribution in [-0.2, 0) is 16.6 Å². The Balaban J connectivity index is 1.86. The summed E-state index contributed by atoms with van der Waals surface area (Å²) in [6, 6.07) is 10.4. The maximum atomic E-state index is 13.0. The second kappa shape index (κ2) is 8.23. The number of carbonyl (C=O) groups is 1. The minimum Gasteiger partial charge on any atom is -0.337 e. The molecule has 0 saturated carbocycles. The van der Waals surface area contributed by atoms with Crippen molar-refractivity contribution in [2.75, 3.05) is 20.1 Å². The van der Waals surface area contributed by atoms with E-state index in [2.05, 4.69) is 6.07 Å². The maximum Gasteiger partial charge on any atom is 0.255 e. The summed E-state index contributed by atoms with van der Waals surface area (Å²) in [6.45, 7) is 5.49. The summed E-state index contributed by atoms with van der Waals surface area (Å²) in [5.74, 6) is -0.302. The van der Waals surface area contributed by atoms with E-state index in [1.807, 2.05) is 26.0 Å². The number of sulfonamides is 1. The number of hydrogen-bond donors (Lipinski definition) is 0. The van der Waals surface area contributed by atoms with Crippen LogP contribution in [0.5, 0.6) is 0 Å². The molecular formula is C21H25ClN2O3S. The Hall–Kier alpha value is -1.89. The van der Waals surface area contributed by atoms with Gasteiger partial charge in [0.15, 0.2) is 0 Å². The van der Waals surface area contributed by atoms with Gasteiger partial charge < -0.3 is 4.90 Å². The van der Waals surface area contributed by atoms with Crippen LogP contribution in [0.1, 0.15) is 39.9 Å². The van der Waals surface area contributed by atoms with Gasteiger partial charge in [-0.15, -0.1) is 0 Å². The molecule has 0 N–H and O–H groups in total. The summed E-state index contributed by atoms with van der Waals surface area (Å²) in [4.78, 5) is 14.7. The Morgan fingerprint density at radius 3 is 2.43 bits per heavy atom. The predicted molar refractivity (Wildman–Crippen MR) is 111 cm³/mol. The molecule has 0 bridgehead atoms. The van der Waals surface area contributed by atoms with Crippen LogP contribution in [0.4, 0.5) is 0 Å². The topological polar surface area (TPSA) is 57.7 Å². The number of carbonyl (C=O) groups excluding carboxylic acids is 1. The van der Waals surface area contributed by atoms with Gasteiger partial charge >= 0.3 is 0 Å². The Morgan fingerprint density at radius 1 is 1.11 bits per heavy atom. The third-order valence-corrected chi connectivity index (χ3v) is 7.35. The second-order valence-electron chi connectivity index (χ2n) is 7.34. The van der Waals surface area contributed by atoms with Crippen LogP contribution in [0.2, 0.25) is 5.02 Å². The first kappa shape index (κ1) is 20.8. The Bertz CT molecular complexity index is 999. The highest BCUT2D eigenvalue weighted by Gasteiger charge is 2.28. The zero-order chi connectivity index (χ0) is 20.5. The summed E-state index contributed by atoms with van der Waals surface area (Å²) in [7, 11) is -1.91. The smallest absolute Gasteiger partial charge is 0.255 e. The summed E-state index contributed by atoms with van der Waals surface area (Å²) < 4.78 is 27.1. The Labute approximate surface area is 172 Å². The fraction of sp³-hybridized carbons (Fsp3) is 0.381. The van der Waals surface area contributed by atoms with E-state index in [1.54, 1.807) is 11.9 Å². The lowest BCUT2D eigenvalue weighted by Gasteiger charge is -2.21. The van der Waals surface area contributed by atoms with Crippen LogP contribution in [0.15, 0.2) is 41.3 Å². The molecule has 150 valence electrons. The van der Waals surface area contributed by atoms with E-state index in [0.717, 1.165) is 29.5 Å². The van der Waals surface area contributed by atoms with Crippen molar-refractivity contribution >= 4 is 27.5 Å². The number of halogens is 1. The van der Waals surface area contributed by atoms with Crippen molar-refractivity contribution in [1.82, 2.24) is 9.21 Å². The van der Waals surface area contributed by atoms with Crippen LogP contribution in [0.3, 0.4) is 0 Å². The Morgan fingerprint density at radius 2 is 1.79 bits per heavy atom. The molecule has 0 spiro atoms. The van der Waals surface area contributed by atoms with Crippen LogP contribution < -0.4 is 0 Å². The summed E-state index contributed by atoms with van der Waals surface area (Å²) >= 11 is 6.24. The molecule has 1 amide bonds. The van der Waals surface area contributed by atoms with Gasteiger partial charge in [-0.3, -0.25) is 4.79 Å². The largest absolute Gasteiger partial charge is 0.337 e. The standard InChI is InChI=1S/C21H25ClN2O3S/c1-15-6-7-17(16(2)12-15)14-23(3)21(25)19-13-18(8-9-20(19)22)28(26,27)24-10-4-5-11-24/h6-9,12-13H,4-5,10-11,14H2,1-3H3. The normalized spacial score (nSPS) is 15.0. The number of aryl methyl sites for hydroxylation is 2. The molecule has 1 saturated heterocycles. The van der Waals surface area contributed by atoms with Gasteiger partial charge in [-0.2, -0.15) is 4.31 Å². The van der Waals surface area contributed by atoms with Crippen molar-refractivity contribution in [3.63, 3.8) is 0 Å². The number of nitrogens with zero attached hydrogens (tertiary/aromatic N) is 2. The molecule has 7 heteroatoms. The van der Waals surface area contributed by atoms with E-state index in [1.165, 1.54) is 22.5 Å². The molecule has 0 unspecified atom stereocenters. The van der Waals surface area contributed by atoms with Gasteiger partial charge in [-0.1, -0.05) is 35.4 Å². The van der Waals surface area contributed by atoms with Gasteiger partial charge in [0.05, 0.1) is 15.5 Å². The average Bonchev–Trinajstić information content (AvgIpc) is 3.19.